The third-order valence-corrected chi connectivity index (χ3v) is 4.64. The largest absolute Gasteiger partial charge is 0.462 e. The second kappa shape index (κ2) is 9.91. The van der Waals surface area contributed by atoms with Crippen LogP contribution in [0.2, 0.25) is 0 Å². The van der Waals surface area contributed by atoms with Gasteiger partial charge in [-0.25, -0.2) is 19.9 Å². The van der Waals surface area contributed by atoms with E-state index in [1.807, 2.05) is 19.1 Å². The van der Waals surface area contributed by atoms with Crippen LogP contribution in [0, 0.1) is 6.92 Å². The maximum Gasteiger partial charge on any atom is 0.172 e. The van der Waals surface area contributed by atoms with E-state index < -0.39 is 0 Å². The number of pyridine rings is 1. The molecule has 0 aliphatic rings. The first-order valence-corrected chi connectivity index (χ1v) is 9.56. The van der Waals surface area contributed by atoms with Crippen LogP contribution in [0.1, 0.15) is 16.2 Å². The molecule has 0 aliphatic heterocycles. The normalized spacial score (nSPS) is 9.81. The van der Waals surface area contributed by atoms with Gasteiger partial charge in [0.05, 0.1) is 22.5 Å². The van der Waals surface area contributed by atoms with E-state index in [0.717, 1.165) is 26.5 Å². The molecule has 0 fully saturated rings. The fourth-order valence-corrected chi connectivity index (χ4v) is 3.37. The molecule has 0 bridgehead atoms. The Morgan fingerprint density at radius 3 is 2.56 bits per heavy atom. The molecule has 0 amide bonds. The predicted octanol–water partition coefficient (Wildman–Crippen LogP) is 3.65. The summed E-state index contributed by atoms with van der Waals surface area (Å²) in [6, 6.07) is 3.72. The molecule has 0 radical (unpaired) electrons. The summed E-state index contributed by atoms with van der Waals surface area (Å²) in [7, 11) is 1.50. The van der Waals surface area contributed by atoms with Crippen molar-refractivity contribution >= 4 is 41.2 Å². The molecule has 0 aromatic carbocycles. The van der Waals surface area contributed by atoms with E-state index in [-0.39, 0.29) is 0 Å². The van der Waals surface area contributed by atoms with Crippen LogP contribution < -0.4 is 5.73 Å². The molecule has 0 aliphatic carbocycles. The molecule has 0 saturated heterocycles. The summed E-state index contributed by atoms with van der Waals surface area (Å²) in [6.45, 7) is 1.92. The number of carbonyl (C=O) groups excluding carboxylic acids is 1. The third-order valence-electron chi connectivity index (χ3n) is 3.41. The number of aromatic nitrogens is 4. The van der Waals surface area contributed by atoms with Crippen molar-refractivity contribution in [2.75, 3.05) is 13.3 Å². The van der Waals surface area contributed by atoms with Gasteiger partial charge in [-0.3, -0.25) is 4.79 Å². The van der Waals surface area contributed by atoms with Crippen LogP contribution in [0.4, 0.5) is 0 Å². The molecule has 27 heavy (non-hydrogen) atoms. The van der Waals surface area contributed by atoms with E-state index in [2.05, 4.69) is 38.3 Å². The van der Waals surface area contributed by atoms with Crippen LogP contribution in [0.25, 0.3) is 32.1 Å². The number of hydrogen-bond donors (Lipinski definition) is 2. The first-order chi connectivity index (χ1) is 13.3. The summed E-state index contributed by atoms with van der Waals surface area (Å²) < 4.78 is 5.31. The van der Waals surface area contributed by atoms with Gasteiger partial charge in [0.2, 0.25) is 0 Å². The van der Waals surface area contributed by atoms with Gasteiger partial charge in [-0.05, 0) is 32.4 Å². The Morgan fingerprint density at radius 1 is 1.19 bits per heavy atom. The monoisotopic (exact) mass is 401 g/mol. The number of nitrogens with zero attached hydrogens (tertiary/aromatic N) is 4. The molecule has 2 N–H and O–H groups in total. The lowest BCUT2D eigenvalue weighted by Gasteiger charge is -2.00. The highest BCUT2D eigenvalue weighted by Gasteiger charge is 2.16. The van der Waals surface area contributed by atoms with E-state index in [0.29, 0.717) is 23.3 Å². The third kappa shape index (κ3) is 4.38. The van der Waals surface area contributed by atoms with Gasteiger partial charge in [0.15, 0.2) is 11.9 Å². The summed E-state index contributed by atoms with van der Waals surface area (Å²) >= 11 is 5.02. The van der Waals surface area contributed by atoms with Gasteiger partial charge in [-0.2, -0.15) is 12.6 Å². The SMILES string of the molecule is CN.CS.Cc1nc(-c2cncnc2)sc1-c1cc2ccoc2c(C=O)n1. The van der Waals surface area contributed by atoms with Crippen molar-refractivity contribution in [3.8, 4) is 21.1 Å². The van der Waals surface area contributed by atoms with Crippen molar-refractivity contribution in [1.82, 2.24) is 19.9 Å². The molecule has 0 atom stereocenters. The van der Waals surface area contributed by atoms with Gasteiger partial charge < -0.3 is 10.2 Å². The highest BCUT2D eigenvalue weighted by molar-refractivity contribution is 7.79. The average Bonchev–Trinajstić information content (AvgIpc) is 3.37. The van der Waals surface area contributed by atoms with E-state index >= 15 is 0 Å². The van der Waals surface area contributed by atoms with Gasteiger partial charge in [0.25, 0.3) is 0 Å². The van der Waals surface area contributed by atoms with Crippen LogP contribution >= 0.6 is 24.0 Å². The Morgan fingerprint density at radius 2 is 1.89 bits per heavy atom. The van der Waals surface area contributed by atoms with Crippen molar-refractivity contribution in [3.63, 3.8) is 0 Å². The van der Waals surface area contributed by atoms with E-state index in [1.165, 1.54) is 24.7 Å². The lowest BCUT2D eigenvalue weighted by Crippen LogP contribution is -1.91. The Kier molecular flexibility index (Phi) is 7.59. The number of carbonyl (C=O) groups is 1. The molecule has 0 spiro atoms. The molecule has 9 heteroatoms. The van der Waals surface area contributed by atoms with E-state index in [9.17, 15) is 4.79 Å². The number of thiazole rings is 1. The summed E-state index contributed by atoms with van der Waals surface area (Å²) in [6.07, 6.45) is 8.87. The second-order valence-electron chi connectivity index (χ2n) is 4.91. The van der Waals surface area contributed by atoms with Crippen molar-refractivity contribution in [2.24, 2.45) is 5.73 Å². The highest BCUT2D eigenvalue weighted by Crippen LogP contribution is 2.35. The molecular weight excluding hydrogens is 382 g/mol. The minimum Gasteiger partial charge on any atom is -0.462 e. The molecule has 4 rings (SSSR count). The summed E-state index contributed by atoms with van der Waals surface area (Å²) in [5, 5.41) is 1.66. The topological polar surface area (TPSA) is 108 Å². The average molecular weight is 402 g/mol. The van der Waals surface area contributed by atoms with Gasteiger partial charge in [-0.1, -0.05) is 0 Å². The number of fused-ring (bicyclic) bond motifs is 1. The number of furan rings is 1. The second-order valence-corrected chi connectivity index (χ2v) is 5.91. The Hall–Kier alpha value is -2.62. The smallest absolute Gasteiger partial charge is 0.172 e. The molecular formula is C18H19N5O2S2. The fourth-order valence-electron chi connectivity index (χ4n) is 2.36. The molecule has 0 saturated carbocycles. The number of hydrogen-bond acceptors (Lipinski definition) is 9. The lowest BCUT2D eigenvalue weighted by atomic mass is 10.2. The maximum atomic E-state index is 11.3. The molecule has 0 unspecified atom stereocenters. The number of rotatable bonds is 3. The number of thiol groups is 1. The van der Waals surface area contributed by atoms with Crippen molar-refractivity contribution in [2.45, 2.75) is 6.92 Å². The molecule has 4 aromatic rings. The van der Waals surface area contributed by atoms with Crippen LogP contribution in [-0.2, 0) is 0 Å². The zero-order valence-electron chi connectivity index (χ0n) is 15.1. The molecule has 7 nitrogen and oxygen atoms in total. The van der Waals surface area contributed by atoms with Gasteiger partial charge in [0.1, 0.15) is 17.0 Å². The molecule has 4 heterocycles. The molecule has 140 valence electrons. The zero-order chi connectivity index (χ0) is 19.8. The lowest BCUT2D eigenvalue weighted by molar-refractivity contribution is 0.112. The van der Waals surface area contributed by atoms with Gasteiger partial charge >= 0.3 is 0 Å². The Bertz CT molecular complexity index is 1020. The first-order valence-electron chi connectivity index (χ1n) is 7.85. The summed E-state index contributed by atoms with van der Waals surface area (Å²) in [5.41, 5.74) is 7.70. The van der Waals surface area contributed by atoms with Crippen LogP contribution in [0.5, 0.6) is 0 Å². The first kappa shape index (κ1) is 20.7. The number of aryl methyl sites for hydroxylation is 1. The number of nitrogens with two attached hydrogens (primary N) is 1. The van der Waals surface area contributed by atoms with Crippen LogP contribution in [0.15, 0.2) is 41.5 Å². The minimum atomic E-state index is 0.292. The quantitative estimate of drug-likeness (QED) is 0.398. The van der Waals surface area contributed by atoms with Gasteiger partial charge in [-0.15, -0.1) is 11.3 Å². The molecule has 4 aromatic heterocycles. The fraction of sp³-hybridized carbons (Fsp3) is 0.167. The van der Waals surface area contributed by atoms with Gasteiger partial charge in [0, 0.05) is 23.3 Å². The maximum absolute atomic E-state index is 11.3. The van der Waals surface area contributed by atoms with Crippen LogP contribution in [0.3, 0.4) is 0 Å². The summed E-state index contributed by atoms with van der Waals surface area (Å²) in [5.74, 6) is 0. The Balaban J connectivity index is 0.000000614. The van der Waals surface area contributed by atoms with Crippen molar-refractivity contribution in [3.05, 3.63) is 48.5 Å². The van der Waals surface area contributed by atoms with E-state index in [4.69, 9.17) is 4.42 Å². The number of aldehydes is 1. The minimum absolute atomic E-state index is 0.292. The Labute approximate surface area is 166 Å². The zero-order valence-corrected chi connectivity index (χ0v) is 16.8. The van der Waals surface area contributed by atoms with Crippen molar-refractivity contribution < 1.29 is 9.21 Å². The van der Waals surface area contributed by atoms with Crippen molar-refractivity contribution in [1.29, 1.82) is 0 Å². The van der Waals surface area contributed by atoms with Crippen LogP contribution in [-0.4, -0.2) is 39.5 Å². The predicted molar refractivity (Wildman–Crippen MR) is 111 cm³/mol. The standard InChI is InChI=1S/C16H10N4O2S.CH5N.CH4S/c1-9-15(23-16(19-9)11-5-17-8-18-6-11)12-4-10-2-3-22-14(10)13(7-21)20-12;2*1-2/h2-8H,1H3;2H2,1H3;2H,1H3. The summed E-state index contributed by atoms with van der Waals surface area (Å²) in [4.78, 5) is 29.2. The highest BCUT2D eigenvalue weighted by atomic mass is 32.1. The van der Waals surface area contributed by atoms with E-state index in [1.54, 1.807) is 24.9 Å².